The molecule has 11 nitrogen and oxygen atoms in total. The van der Waals surface area contributed by atoms with Crippen molar-refractivity contribution >= 4 is 28.8 Å². The molecule has 0 unspecified atom stereocenters. The van der Waals surface area contributed by atoms with E-state index >= 15 is 0 Å². The van der Waals surface area contributed by atoms with Crippen molar-refractivity contribution in [2.24, 2.45) is 5.92 Å². The quantitative estimate of drug-likeness (QED) is 0.244. The summed E-state index contributed by atoms with van der Waals surface area (Å²) in [4.78, 5) is 54.6. The third kappa shape index (κ3) is 7.41. The number of aromatic nitrogens is 3. The fourth-order valence-electron chi connectivity index (χ4n) is 7.73. The Morgan fingerprint density at radius 1 is 1.02 bits per heavy atom. The van der Waals surface area contributed by atoms with Crippen molar-refractivity contribution in [1.29, 1.82) is 0 Å². The van der Waals surface area contributed by atoms with E-state index in [9.17, 15) is 23.9 Å². The zero-order valence-corrected chi connectivity index (χ0v) is 29.5. The van der Waals surface area contributed by atoms with Gasteiger partial charge in [0, 0.05) is 43.9 Å². The van der Waals surface area contributed by atoms with Crippen molar-refractivity contribution in [3.05, 3.63) is 98.2 Å². The lowest BCUT2D eigenvalue weighted by atomic mass is 9.79. The molecule has 0 spiro atoms. The molecule has 2 amide bonds. The number of aliphatic hydroxyl groups is 1. The van der Waals surface area contributed by atoms with Crippen LogP contribution in [-0.2, 0) is 11.3 Å². The van der Waals surface area contributed by atoms with Crippen molar-refractivity contribution in [2.75, 3.05) is 31.9 Å². The molecule has 4 aromatic rings. The normalized spacial score (nSPS) is 20.8. The van der Waals surface area contributed by atoms with Crippen molar-refractivity contribution in [3.63, 3.8) is 0 Å². The minimum atomic E-state index is -1.26. The average Bonchev–Trinajstić information content (AvgIpc) is 3.82. The first kappa shape index (κ1) is 34.8. The van der Waals surface area contributed by atoms with Gasteiger partial charge in [-0.05, 0) is 68.9 Å². The highest BCUT2D eigenvalue weighted by Gasteiger charge is 2.42. The number of carbonyl (C=O) groups is 2. The summed E-state index contributed by atoms with van der Waals surface area (Å²) in [6, 6.07) is 15.2. The fourth-order valence-corrected chi connectivity index (χ4v) is 8.93. The van der Waals surface area contributed by atoms with Crippen molar-refractivity contribution in [3.8, 4) is 11.6 Å². The van der Waals surface area contributed by atoms with E-state index in [2.05, 4.69) is 4.98 Å². The number of ether oxygens (including phenoxy) is 1. The standard InChI is InChI=1S/C38H43FN6O5S/c1-24-32(51-34(42-24)26-9-5-6-10-26)37(48)44-18-15-29(30(21-44)25-7-3-2-4-8-25)35(46)43-19-16-38(49,17-20-43)22-45-23-41-33(31(40)36(45)47)50-28-13-11-27(39)12-14-28/h2-4,7-8,11-14,23,26,29-30,49H,5-6,9-10,15-22,40H2,1H3/t29-,30+/m1/s1. The first-order chi connectivity index (χ1) is 24.6. The summed E-state index contributed by atoms with van der Waals surface area (Å²) in [7, 11) is 0. The van der Waals surface area contributed by atoms with Gasteiger partial charge in [0.25, 0.3) is 11.5 Å². The highest BCUT2D eigenvalue weighted by atomic mass is 32.1. The van der Waals surface area contributed by atoms with Gasteiger partial charge in [0.05, 0.1) is 22.8 Å². The molecule has 4 heterocycles. The van der Waals surface area contributed by atoms with Crippen molar-refractivity contribution in [2.45, 2.75) is 75.9 Å². The van der Waals surface area contributed by atoms with Gasteiger partial charge in [-0.2, -0.15) is 0 Å². The van der Waals surface area contributed by atoms with Gasteiger partial charge < -0.3 is 25.4 Å². The monoisotopic (exact) mass is 714 g/mol. The number of carbonyl (C=O) groups excluding carboxylic acids is 2. The Kier molecular flexibility index (Phi) is 9.93. The molecule has 2 aromatic heterocycles. The number of amides is 2. The number of hydrogen-bond donors (Lipinski definition) is 2. The molecular formula is C38H43FN6O5S. The highest BCUT2D eigenvalue weighted by molar-refractivity contribution is 7.13. The van der Waals surface area contributed by atoms with E-state index in [1.807, 2.05) is 47.1 Å². The van der Waals surface area contributed by atoms with Crippen LogP contribution in [0.4, 0.5) is 10.1 Å². The number of aryl methyl sites for hydroxylation is 1. The first-order valence-corrected chi connectivity index (χ1v) is 18.5. The van der Waals surface area contributed by atoms with Gasteiger partial charge >= 0.3 is 0 Å². The van der Waals surface area contributed by atoms with Crippen LogP contribution in [0.5, 0.6) is 11.6 Å². The molecule has 2 aromatic carbocycles. The Hall–Kier alpha value is -4.62. The SMILES string of the molecule is Cc1nc(C2CCCC2)sc1C(=O)N1CC[C@@H](C(=O)N2CCC(O)(Cn3cnc(Oc4ccc(F)cc4)c(N)c3=O)CC2)[C@H](c2ccccc2)C1. The molecule has 268 valence electrons. The van der Waals surface area contributed by atoms with Crippen LogP contribution in [0, 0.1) is 18.7 Å². The molecule has 2 saturated heterocycles. The predicted molar refractivity (Wildman–Crippen MR) is 191 cm³/mol. The molecule has 51 heavy (non-hydrogen) atoms. The van der Waals surface area contributed by atoms with Crippen LogP contribution in [0.15, 0.2) is 65.7 Å². The van der Waals surface area contributed by atoms with Gasteiger partial charge in [-0.25, -0.2) is 14.4 Å². The van der Waals surface area contributed by atoms with Crippen LogP contribution in [0.3, 0.4) is 0 Å². The maximum Gasteiger partial charge on any atom is 0.280 e. The van der Waals surface area contributed by atoms with Crippen molar-refractivity contribution in [1.82, 2.24) is 24.3 Å². The number of piperidine rings is 2. The Morgan fingerprint density at radius 2 is 1.73 bits per heavy atom. The predicted octanol–water partition coefficient (Wildman–Crippen LogP) is 5.48. The number of rotatable bonds is 8. The van der Waals surface area contributed by atoms with Crippen molar-refractivity contribution < 1.29 is 23.8 Å². The van der Waals surface area contributed by atoms with Crippen LogP contribution < -0.4 is 16.0 Å². The topological polar surface area (TPSA) is 144 Å². The van der Waals surface area contributed by atoms with E-state index in [4.69, 9.17) is 15.5 Å². The minimum absolute atomic E-state index is 0.00969. The van der Waals surface area contributed by atoms with E-state index in [1.54, 1.807) is 0 Å². The third-order valence-electron chi connectivity index (χ3n) is 10.7. The van der Waals surface area contributed by atoms with Gasteiger partial charge in [-0.15, -0.1) is 11.3 Å². The van der Waals surface area contributed by atoms with E-state index in [1.165, 1.54) is 59.3 Å². The first-order valence-electron chi connectivity index (χ1n) is 17.7. The summed E-state index contributed by atoms with van der Waals surface area (Å²) in [5.74, 6) is -0.302. The number of halogens is 1. The van der Waals surface area contributed by atoms with E-state index in [0.717, 1.165) is 29.1 Å². The lowest BCUT2D eigenvalue weighted by Crippen LogP contribution is -2.53. The maximum absolute atomic E-state index is 14.2. The van der Waals surface area contributed by atoms with Gasteiger partial charge in [-0.1, -0.05) is 43.2 Å². The Bertz CT molecular complexity index is 1940. The third-order valence-corrected chi connectivity index (χ3v) is 12.0. The van der Waals surface area contributed by atoms with Crippen LogP contribution in [0.25, 0.3) is 0 Å². The second kappa shape index (κ2) is 14.5. The molecule has 0 radical (unpaired) electrons. The maximum atomic E-state index is 14.2. The largest absolute Gasteiger partial charge is 0.437 e. The summed E-state index contributed by atoms with van der Waals surface area (Å²) in [5, 5.41) is 12.6. The van der Waals surface area contributed by atoms with Gasteiger partial charge in [0.15, 0.2) is 5.69 Å². The van der Waals surface area contributed by atoms with Gasteiger partial charge in [0.1, 0.15) is 22.8 Å². The second-order valence-electron chi connectivity index (χ2n) is 14.1. The number of likely N-dealkylation sites (tertiary alicyclic amines) is 2. The summed E-state index contributed by atoms with van der Waals surface area (Å²) in [6.07, 6.45) is 7.01. The van der Waals surface area contributed by atoms with Crippen LogP contribution in [-0.4, -0.2) is 73.0 Å². The van der Waals surface area contributed by atoms with Crippen LogP contribution in [0.2, 0.25) is 0 Å². The van der Waals surface area contributed by atoms with E-state index in [-0.39, 0.29) is 60.4 Å². The molecular weight excluding hydrogens is 672 g/mol. The Balaban J connectivity index is 1.01. The van der Waals surface area contributed by atoms with Gasteiger partial charge in [-0.3, -0.25) is 19.0 Å². The molecule has 1 saturated carbocycles. The highest BCUT2D eigenvalue weighted by Crippen LogP contribution is 2.39. The number of anilines is 1. The molecule has 3 fully saturated rings. The lowest BCUT2D eigenvalue weighted by Gasteiger charge is -2.43. The zero-order valence-electron chi connectivity index (χ0n) is 28.7. The number of nitrogens with zero attached hydrogens (tertiary/aromatic N) is 5. The molecule has 2 aliphatic heterocycles. The number of nitrogen functional groups attached to an aromatic ring is 1. The van der Waals surface area contributed by atoms with Crippen LogP contribution >= 0.6 is 11.3 Å². The molecule has 1 aliphatic carbocycles. The van der Waals surface area contributed by atoms with Gasteiger partial charge in [0.2, 0.25) is 11.8 Å². The summed E-state index contributed by atoms with van der Waals surface area (Å²) in [5.41, 5.74) is 5.81. The lowest BCUT2D eigenvalue weighted by molar-refractivity contribution is -0.142. The smallest absolute Gasteiger partial charge is 0.280 e. The Morgan fingerprint density at radius 3 is 2.43 bits per heavy atom. The number of benzene rings is 2. The molecule has 2 atom stereocenters. The Labute approximate surface area is 299 Å². The molecule has 3 aliphatic rings. The second-order valence-corrected chi connectivity index (χ2v) is 15.1. The fraction of sp³-hybridized carbons (Fsp3) is 0.447. The number of hydrogen-bond acceptors (Lipinski definition) is 9. The minimum Gasteiger partial charge on any atom is -0.437 e. The number of thiazole rings is 1. The van der Waals surface area contributed by atoms with E-state index < -0.39 is 17.0 Å². The molecule has 13 heteroatoms. The average molecular weight is 715 g/mol. The molecule has 7 rings (SSSR count). The summed E-state index contributed by atoms with van der Waals surface area (Å²) in [6.45, 7) is 3.43. The zero-order chi connectivity index (χ0) is 35.7. The summed E-state index contributed by atoms with van der Waals surface area (Å²) >= 11 is 1.54. The molecule has 0 bridgehead atoms. The molecule has 3 N–H and O–H groups in total. The van der Waals surface area contributed by atoms with Crippen LogP contribution in [0.1, 0.15) is 82.7 Å². The number of nitrogens with two attached hydrogens (primary N) is 1. The van der Waals surface area contributed by atoms with E-state index in [0.29, 0.717) is 43.4 Å². The summed E-state index contributed by atoms with van der Waals surface area (Å²) < 4.78 is 20.1.